The molecule has 25 heavy (non-hydrogen) atoms. The summed E-state index contributed by atoms with van der Waals surface area (Å²) in [5, 5.41) is 10.7. The second kappa shape index (κ2) is 9.56. The van der Waals surface area contributed by atoms with Gasteiger partial charge in [-0.3, -0.25) is 9.69 Å². The Balaban J connectivity index is 0.00000225. The van der Waals surface area contributed by atoms with Crippen LogP contribution in [0.3, 0.4) is 0 Å². The van der Waals surface area contributed by atoms with E-state index < -0.39 is 0 Å². The average Bonchev–Trinajstić information content (AvgIpc) is 3.07. The quantitative estimate of drug-likeness (QED) is 0.810. The summed E-state index contributed by atoms with van der Waals surface area (Å²) in [6.45, 7) is 6.10. The molecule has 1 fully saturated rings. The molecule has 7 heteroatoms. The molecule has 0 unspecified atom stereocenters. The van der Waals surface area contributed by atoms with Crippen LogP contribution in [0.2, 0.25) is 0 Å². The summed E-state index contributed by atoms with van der Waals surface area (Å²) in [7, 11) is 0. The highest BCUT2D eigenvalue weighted by atomic mass is 35.5. The summed E-state index contributed by atoms with van der Waals surface area (Å²) < 4.78 is 1.86. The summed E-state index contributed by atoms with van der Waals surface area (Å²) in [6, 6.07) is 10.4. The lowest BCUT2D eigenvalue weighted by molar-refractivity contribution is -0.122. The highest BCUT2D eigenvalue weighted by molar-refractivity contribution is 5.85. The fourth-order valence-corrected chi connectivity index (χ4v) is 2.92. The molecule has 1 aromatic heterocycles. The van der Waals surface area contributed by atoms with E-state index in [0.717, 1.165) is 37.3 Å². The first-order valence-electron chi connectivity index (χ1n) is 8.53. The van der Waals surface area contributed by atoms with Crippen molar-refractivity contribution in [1.82, 2.24) is 25.3 Å². The van der Waals surface area contributed by atoms with Gasteiger partial charge in [0.15, 0.2) is 0 Å². The molecule has 0 radical (unpaired) electrons. The van der Waals surface area contributed by atoms with Gasteiger partial charge in [-0.2, -0.15) is 5.10 Å². The Morgan fingerprint density at radius 3 is 2.92 bits per heavy atom. The number of halogens is 1. The minimum Gasteiger partial charge on any atom is -0.355 e. The van der Waals surface area contributed by atoms with Crippen LogP contribution in [0.1, 0.15) is 12.5 Å². The molecule has 1 aromatic carbocycles. The lowest BCUT2D eigenvalue weighted by Crippen LogP contribution is -2.52. The van der Waals surface area contributed by atoms with Gasteiger partial charge in [0.1, 0.15) is 0 Å². The monoisotopic (exact) mass is 363 g/mol. The van der Waals surface area contributed by atoms with Crippen molar-refractivity contribution in [2.75, 3.05) is 32.7 Å². The van der Waals surface area contributed by atoms with E-state index >= 15 is 0 Å². The standard InChI is InChI=1S/C18H25N5O.ClH/c1-15-11-19-9-10-22(15)14-18(24)20-8-7-16-12-21-23(13-16)17-5-3-2-4-6-17;/h2-6,12-13,15,19H,7-11,14H2,1H3,(H,20,24);1H/t15-;/m1./s1. The second-order valence-corrected chi connectivity index (χ2v) is 6.25. The van der Waals surface area contributed by atoms with Crippen LogP contribution < -0.4 is 10.6 Å². The molecule has 0 saturated carbocycles. The minimum absolute atomic E-state index is 0. The van der Waals surface area contributed by atoms with E-state index in [0.29, 0.717) is 19.1 Å². The van der Waals surface area contributed by atoms with E-state index in [1.165, 1.54) is 0 Å². The number of para-hydroxylation sites is 1. The number of piperazine rings is 1. The van der Waals surface area contributed by atoms with Gasteiger partial charge in [0.25, 0.3) is 0 Å². The molecule has 1 atom stereocenters. The number of rotatable bonds is 6. The molecule has 1 aliphatic heterocycles. The molecule has 0 spiro atoms. The van der Waals surface area contributed by atoms with Gasteiger partial charge in [0, 0.05) is 38.4 Å². The van der Waals surface area contributed by atoms with Gasteiger partial charge < -0.3 is 10.6 Å². The summed E-state index contributed by atoms with van der Waals surface area (Å²) in [6.07, 6.45) is 4.66. The van der Waals surface area contributed by atoms with E-state index in [1.807, 2.05) is 47.4 Å². The van der Waals surface area contributed by atoms with Crippen molar-refractivity contribution in [3.63, 3.8) is 0 Å². The number of hydrogen-bond acceptors (Lipinski definition) is 4. The lowest BCUT2D eigenvalue weighted by Gasteiger charge is -2.33. The predicted octanol–water partition coefficient (Wildman–Crippen LogP) is 1.25. The second-order valence-electron chi connectivity index (χ2n) is 6.25. The fourth-order valence-electron chi connectivity index (χ4n) is 2.92. The first-order chi connectivity index (χ1) is 11.7. The Hall–Kier alpha value is -1.89. The normalized spacial score (nSPS) is 17.7. The molecule has 1 amide bonds. The highest BCUT2D eigenvalue weighted by Gasteiger charge is 2.19. The van der Waals surface area contributed by atoms with Crippen LogP contribution in [-0.2, 0) is 11.2 Å². The number of carbonyl (C=O) groups is 1. The summed E-state index contributed by atoms with van der Waals surface area (Å²) in [5.74, 6) is 0.0965. The molecule has 6 nitrogen and oxygen atoms in total. The maximum Gasteiger partial charge on any atom is 0.234 e. The lowest BCUT2D eigenvalue weighted by atomic mass is 10.2. The predicted molar refractivity (Wildman–Crippen MR) is 101 cm³/mol. The van der Waals surface area contributed by atoms with Crippen LogP contribution in [0, 0.1) is 0 Å². The molecule has 2 aromatic rings. The number of hydrogen-bond donors (Lipinski definition) is 2. The van der Waals surface area contributed by atoms with Crippen molar-refractivity contribution >= 4 is 18.3 Å². The average molecular weight is 364 g/mol. The van der Waals surface area contributed by atoms with E-state index in [2.05, 4.69) is 27.6 Å². The van der Waals surface area contributed by atoms with E-state index in [-0.39, 0.29) is 18.3 Å². The Kier molecular flexibility index (Phi) is 7.43. The van der Waals surface area contributed by atoms with Crippen molar-refractivity contribution < 1.29 is 4.79 Å². The molecule has 1 aliphatic rings. The zero-order valence-corrected chi connectivity index (χ0v) is 15.3. The number of benzene rings is 1. The van der Waals surface area contributed by atoms with E-state index in [9.17, 15) is 4.79 Å². The molecule has 1 saturated heterocycles. The van der Waals surface area contributed by atoms with Gasteiger partial charge in [-0.1, -0.05) is 18.2 Å². The third-order valence-corrected chi connectivity index (χ3v) is 4.38. The smallest absolute Gasteiger partial charge is 0.234 e. The fraction of sp³-hybridized carbons (Fsp3) is 0.444. The molecule has 3 rings (SSSR count). The number of amides is 1. The molecular formula is C18H26ClN5O. The zero-order valence-electron chi connectivity index (χ0n) is 14.5. The summed E-state index contributed by atoms with van der Waals surface area (Å²) in [4.78, 5) is 14.3. The van der Waals surface area contributed by atoms with Gasteiger partial charge in [-0.05, 0) is 31.0 Å². The zero-order chi connectivity index (χ0) is 16.8. The molecule has 2 N–H and O–H groups in total. The minimum atomic E-state index is 0. The van der Waals surface area contributed by atoms with Gasteiger partial charge in [-0.15, -0.1) is 12.4 Å². The van der Waals surface area contributed by atoms with E-state index in [4.69, 9.17) is 0 Å². The molecule has 2 heterocycles. The third kappa shape index (κ3) is 5.56. The van der Waals surface area contributed by atoms with E-state index in [1.54, 1.807) is 0 Å². The largest absolute Gasteiger partial charge is 0.355 e. The third-order valence-electron chi connectivity index (χ3n) is 4.38. The van der Waals surface area contributed by atoms with Crippen molar-refractivity contribution in [1.29, 1.82) is 0 Å². The van der Waals surface area contributed by atoms with Crippen molar-refractivity contribution in [2.24, 2.45) is 0 Å². The maximum atomic E-state index is 12.1. The number of nitrogens with zero attached hydrogens (tertiary/aromatic N) is 3. The summed E-state index contributed by atoms with van der Waals surface area (Å²) in [5.41, 5.74) is 2.16. The van der Waals surface area contributed by atoms with Crippen LogP contribution in [0.15, 0.2) is 42.7 Å². The SMILES string of the molecule is C[C@@H]1CNCCN1CC(=O)NCCc1cnn(-c2ccccc2)c1.Cl. The number of aromatic nitrogens is 2. The molecule has 136 valence electrons. The topological polar surface area (TPSA) is 62.2 Å². The Bertz CT molecular complexity index is 660. The van der Waals surface area contributed by atoms with Gasteiger partial charge >= 0.3 is 0 Å². The summed E-state index contributed by atoms with van der Waals surface area (Å²) >= 11 is 0. The van der Waals surface area contributed by atoms with Gasteiger partial charge in [0.05, 0.1) is 18.4 Å². The van der Waals surface area contributed by atoms with Crippen molar-refractivity contribution in [3.8, 4) is 5.69 Å². The first kappa shape index (κ1) is 19.4. The molecule has 0 bridgehead atoms. The van der Waals surface area contributed by atoms with Crippen molar-refractivity contribution in [2.45, 2.75) is 19.4 Å². The first-order valence-corrected chi connectivity index (χ1v) is 8.53. The van der Waals surface area contributed by atoms with Crippen LogP contribution in [-0.4, -0.2) is 59.4 Å². The van der Waals surface area contributed by atoms with Crippen LogP contribution >= 0.6 is 12.4 Å². The Morgan fingerprint density at radius 2 is 2.16 bits per heavy atom. The Labute approximate surface area is 155 Å². The Morgan fingerprint density at radius 1 is 1.36 bits per heavy atom. The van der Waals surface area contributed by atoms with Gasteiger partial charge in [-0.25, -0.2) is 4.68 Å². The number of nitrogens with one attached hydrogen (secondary N) is 2. The highest BCUT2D eigenvalue weighted by Crippen LogP contribution is 2.07. The van der Waals surface area contributed by atoms with Gasteiger partial charge in [0.2, 0.25) is 5.91 Å². The molecule has 0 aliphatic carbocycles. The van der Waals surface area contributed by atoms with Crippen LogP contribution in [0.4, 0.5) is 0 Å². The van der Waals surface area contributed by atoms with Crippen molar-refractivity contribution in [3.05, 3.63) is 48.3 Å². The molecular weight excluding hydrogens is 338 g/mol. The van der Waals surface area contributed by atoms with Crippen LogP contribution in [0.5, 0.6) is 0 Å². The maximum absolute atomic E-state index is 12.1. The number of carbonyl (C=O) groups excluding carboxylic acids is 1. The van der Waals surface area contributed by atoms with Crippen LogP contribution in [0.25, 0.3) is 5.69 Å².